The number of benzene rings is 10. The molecule has 0 spiro atoms. The smallest absolute Gasteiger partial charge is 0.179 e. The number of aryl methyl sites for hydroxylation is 1. The largest absolute Gasteiger partial charge is 0.309 e. The maximum absolute atomic E-state index is 2.69. The molecule has 4 heteroatoms. The van der Waals surface area contributed by atoms with Gasteiger partial charge in [0, 0.05) is 38.0 Å². The Hall–Kier alpha value is -8.18. The highest BCUT2D eigenvalue weighted by atomic mass is 28.3. The van der Waals surface area contributed by atoms with Gasteiger partial charge in [0.1, 0.15) is 0 Å². The van der Waals surface area contributed by atoms with Gasteiger partial charge >= 0.3 is 0 Å². The van der Waals surface area contributed by atoms with Crippen LogP contribution in [-0.2, 0) is 0 Å². The maximum atomic E-state index is 2.51. The quantitative estimate of drug-likeness (QED) is 0.112. The average molecular weight is 846 g/mol. The fourth-order valence-corrected chi connectivity index (χ4v) is 15.9. The summed E-state index contributed by atoms with van der Waals surface area (Å²) in [6, 6.07) is 90.2. The van der Waals surface area contributed by atoms with E-state index in [1.54, 1.807) is 0 Å². The fourth-order valence-electron chi connectivity index (χ4n) is 11.2. The highest BCUT2D eigenvalue weighted by Crippen LogP contribution is 2.43. The van der Waals surface area contributed by atoms with Gasteiger partial charge in [-0.15, -0.1) is 0 Å². The molecule has 0 aliphatic carbocycles. The van der Waals surface area contributed by atoms with Gasteiger partial charge in [0.15, 0.2) is 8.07 Å². The molecule has 0 amide bonds. The molecular formula is C61H43N3Si. The van der Waals surface area contributed by atoms with Crippen molar-refractivity contribution in [1.82, 2.24) is 13.7 Å². The Morgan fingerprint density at radius 1 is 0.277 bits per heavy atom. The van der Waals surface area contributed by atoms with E-state index in [9.17, 15) is 0 Å². The zero-order valence-electron chi connectivity index (χ0n) is 35.9. The van der Waals surface area contributed by atoms with Crippen LogP contribution in [0.3, 0.4) is 0 Å². The molecule has 0 aliphatic rings. The third kappa shape index (κ3) is 5.48. The molecule has 3 nitrogen and oxygen atoms in total. The van der Waals surface area contributed by atoms with E-state index in [0.717, 1.165) is 5.69 Å². The molecule has 0 radical (unpaired) electrons. The van der Waals surface area contributed by atoms with Gasteiger partial charge in [-0.1, -0.05) is 181 Å². The topological polar surface area (TPSA) is 14.8 Å². The van der Waals surface area contributed by atoms with Crippen molar-refractivity contribution in [2.75, 3.05) is 0 Å². The molecule has 0 saturated carbocycles. The van der Waals surface area contributed by atoms with E-state index in [1.165, 1.54) is 103 Å². The van der Waals surface area contributed by atoms with Crippen molar-refractivity contribution < 1.29 is 0 Å². The van der Waals surface area contributed by atoms with Crippen molar-refractivity contribution in [2.45, 2.75) is 6.92 Å². The summed E-state index contributed by atoms with van der Waals surface area (Å²) >= 11 is 0. The van der Waals surface area contributed by atoms with Crippen LogP contribution < -0.4 is 20.7 Å². The third-order valence-electron chi connectivity index (χ3n) is 13.8. The number of rotatable bonds is 7. The first kappa shape index (κ1) is 37.4. The van der Waals surface area contributed by atoms with E-state index in [-0.39, 0.29) is 0 Å². The molecule has 13 aromatic rings. The third-order valence-corrected chi connectivity index (χ3v) is 18.6. The van der Waals surface area contributed by atoms with Gasteiger partial charge in [-0.25, -0.2) is 0 Å². The van der Waals surface area contributed by atoms with Gasteiger partial charge in [-0.05, 0) is 94.4 Å². The SMILES string of the molecule is Cc1ccc2c(c1)c1ccccc1n2-c1cccc2c1c1ccccc1n2-c1cccc2c1c1ccccc1n2-c1ccc([Si](c2ccccc2)(c2ccccc2)c2ccccc2)cc1. The number of aromatic nitrogens is 3. The molecule has 3 aromatic heterocycles. The lowest BCUT2D eigenvalue weighted by atomic mass is 10.1. The van der Waals surface area contributed by atoms with Crippen molar-refractivity contribution >= 4 is 94.2 Å². The number of para-hydroxylation sites is 3. The summed E-state index contributed by atoms with van der Waals surface area (Å²) in [6.07, 6.45) is 0. The highest BCUT2D eigenvalue weighted by Gasteiger charge is 2.41. The first-order valence-corrected chi connectivity index (χ1v) is 24.5. The number of fused-ring (bicyclic) bond motifs is 9. The molecule has 10 aromatic carbocycles. The van der Waals surface area contributed by atoms with Crippen LogP contribution in [0.5, 0.6) is 0 Å². The molecule has 0 aliphatic heterocycles. The predicted molar refractivity (Wildman–Crippen MR) is 278 cm³/mol. The molecular weight excluding hydrogens is 803 g/mol. The second-order valence-corrected chi connectivity index (χ2v) is 21.1. The van der Waals surface area contributed by atoms with Crippen LogP contribution >= 0.6 is 0 Å². The van der Waals surface area contributed by atoms with E-state index >= 15 is 0 Å². The van der Waals surface area contributed by atoms with Crippen LogP contribution in [0.4, 0.5) is 0 Å². The zero-order valence-corrected chi connectivity index (χ0v) is 36.9. The molecule has 0 saturated heterocycles. The van der Waals surface area contributed by atoms with Gasteiger partial charge in [-0.3, -0.25) is 0 Å². The number of nitrogens with zero attached hydrogens (tertiary/aromatic N) is 3. The summed E-state index contributed by atoms with van der Waals surface area (Å²) in [7, 11) is -2.69. The standard InChI is InChI=1S/C61H43N3Si/c1-42-35-40-55-51(41-42)48-25-11-14-28-52(48)63(55)57-32-18-34-59-61(57)50-27-13-16-30-54(50)64(59)58-33-17-31-56-60(58)49-26-12-15-29-53(49)62(56)43-36-38-47(39-37-43)65(44-19-5-2-6-20-44,45-21-7-3-8-22-45)46-23-9-4-10-24-46/h2-41H,1H3. The second-order valence-electron chi connectivity index (χ2n) is 17.3. The molecule has 0 fully saturated rings. The monoisotopic (exact) mass is 845 g/mol. The first-order valence-electron chi connectivity index (χ1n) is 22.5. The van der Waals surface area contributed by atoms with Gasteiger partial charge in [0.05, 0.1) is 44.5 Å². The minimum atomic E-state index is -2.69. The molecule has 306 valence electrons. The molecule has 0 bridgehead atoms. The van der Waals surface area contributed by atoms with Crippen molar-refractivity contribution in [2.24, 2.45) is 0 Å². The van der Waals surface area contributed by atoms with E-state index in [1.807, 2.05) is 0 Å². The number of hydrogen-bond acceptors (Lipinski definition) is 0. The fraction of sp³-hybridized carbons (Fsp3) is 0.0164. The molecule has 0 atom stereocenters. The molecule has 0 N–H and O–H groups in total. The van der Waals surface area contributed by atoms with Crippen molar-refractivity contribution in [3.05, 3.63) is 248 Å². The van der Waals surface area contributed by atoms with Crippen molar-refractivity contribution in [3.63, 3.8) is 0 Å². The molecule has 0 unspecified atom stereocenters. The van der Waals surface area contributed by atoms with Gasteiger partial charge < -0.3 is 13.7 Å². The van der Waals surface area contributed by atoms with Crippen LogP contribution in [0.1, 0.15) is 5.56 Å². The van der Waals surface area contributed by atoms with E-state index in [2.05, 4.69) is 263 Å². The summed E-state index contributed by atoms with van der Waals surface area (Å²) < 4.78 is 7.45. The average Bonchev–Trinajstić information content (AvgIpc) is 4.01. The summed E-state index contributed by atoms with van der Waals surface area (Å²) in [5.41, 5.74) is 11.9. The summed E-state index contributed by atoms with van der Waals surface area (Å²) in [4.78, 5) is 0. The van der Waals surface area contributed by atoms with Crippen LogP contribution in [0.15, 0.2) is 243 Å². The second kappa shape index (κ2) is 14.7. The maximum Gasteiger partial charge on any atom is 0.179 e. The number of hydrogen-bond donors (Lipinski definition) is 0. The Labute approximate surface area is 378 Å². The molecule has 13 rings (SSSR count). The lowest BCUT2D eigenvalue weighted by molar-refractivity contribution is 1.17. The predicted octanol–water partition coefficient (Wildman–Crippen LogP) is 12.7. The van der Waals surface area contributed by atoms with Crippen LogP contribution in [-0.4, -0.2) is 21.8 Å². The van der Waals surface area contributed by atoms with E-state index < -0.39 is 8.07 Å². The summed E-state index contributed by atoms with van der Waals surface area (Å²) in [6.45, 7) is 2.18. The molecule has 65 heavy (non-hydrogen) atoms. The summed E-state index contributed by atoms with van der Waals surface area (Å²) in [5, 5.41) is 12.9. The minimum Gasteiger partial charge on any atom is -0.309 e. The Balaban J connectivity index is 1.04. The minimum absolute atomic E-state index is 1.14. The Bertz CT molecular complexity index is 3840. The van der Waals surface area contributed by atoms with Crippen molar-refractivity contribution in [1.29, 1.82) is 0 Å². The lowest BCUT2D eigenvalue weighted by Crippen LogP contribution is -2.74. The van der Waals surface area contributed by atoms with E-state index in [0.29, 0.717) is 0 Å². The normalized spacial score (nSPS) is 12.1. The van der Waals surface area contributed by atoms with Crippen LogP contribution in [0.2, 0.25) is 0 Å². The lowest BCUT2D eigenvalue weighted by Gasteiger charge is -2.34. The highest BCUT2D eigenvalue weighted by molar-refractivity contribution is 7.19. The Kier molecular flexibility index (Phi) is 8.45. The first-order chi connectivity index (χ1) is 32.2. The van der Waals surface area contributed by atoms with Crippen LogP contribution in [0, 0.1) is 6.92 Å². The van der Waals surface area contributed by atoms with Gasteiger partial charge in [-0.2, -0.15) is 0 Å². The molecule has 3 heterocycles. The summed E-state index contributed by atoms with van der Waals surface area (Å²) in [5.74, 6) is 0. The van der Waals surface area contributed by atoms with Crippen molar-refractivity contribution in [3.8, 4) is 17.1 Å². The van der Waals surface area contributed by atoms with Crippen LogP contribution in [0.25, 0.3) is 82.5 Å². The Morgan fingerprint density at radius 2 is 0.662 bits per heavy atom. The Morgan fingerprint density at radius 3 is 1.20 bits per heavy atom. The van der Waals surface area contributed by atoms with Gasteiger partial charge in [0.25, 0.3) is 0 Å². The zero-order chi connectivity index (χ0) is 43.1. The van der Waals surface area contributed by atoms with Gasteiger partial charge in [0.2, 0.25) is 0 Å². The van der Waals surface area contributed by atoms with E-state index in [4.69, 9.17) is 0 Å².